The van der Waals surface area contributed by atoms with Gasteiger partial charge in [0, 0.05) is 0 Å². The summed E-state index contributed by atoms with van der Waals surface area (Å²) in [5.74, 6) is 0.592. The highest BCUT2D eigenvalue weighted by Gasteiger charge is 2.26. The number of carbonyl (C=O) groups is 2. The number of hydrogen-bond donors (Lipinski definition) is 1. The van der Waals surface area contributed by atoms with Crippen molar-refractivity contribution >= 4 is 12.4 Å². The van der Waals surface area contributed by atoms with Gasteiger partial charge in [-0.3, -0.25) is 0 Å². The number of aldehydes is 1. The average Bonchev–Trinajstić information content (AvgIpc) is 3.21. The molecule has 1 aliphatic rings. The summed E-state index contributed by atoms with van der Waals surface area (Å²) in [4.78, 5) is 22.3. The molecule has 2 rings (SSSR count). The number of alkyl carbamates (subject to hydrolysis) is 1. The predicted molar refractivity (Wildman–Crippen MR) is 67.0 cm³/mol. The summed E-state index contributed by atoms with van der Waals surface area (Å²) in [6.07, 6.45) is 3.29. The van der Waals surface area contributed by atoms with E-state index in [0.29, 0.717) is 5.92 Å². The van der Waals surface area contributed by atoms with Crippen LogP contribution in [-0.2, 0) is 16.1 Å². The van der Waals surface area contributed by atoms with E-state index in [1.54, 1.807) is 0 Å². The second-order valence-corrected chi connectivity index (χ2v) is 4.63. The molecule has 0 aliphatic heterocycles. The highest BCUT2D eigenvalue weighted by molar-refractivity contribution is 5.73. The van der Waals surface area contributed by atoms with Gasteiger partial charge in [-0.1, -0.05) is 43.2 Å². The van der Waals surface area contributed by atoms with E-state index in [1.807, 2.05) is 30.3 Å². The largest absolute Gasteiger partial charge is 0.445 e. The van der Waals surface area contributed by atoms with Crippen LogP contribution in [0.5, 0.6) is 0 Å². The van der Waals surface area contributed by atoms with Crippen LogP contribution in [0.2, 0.25) is 0 Å². The zero-order chi connectivity index (χ0) is 12.8. The zero-order valence-corrected chi connectivity index (χ0v) is 10.2. The Balaban J connectivity index is 1.72. The van der Waals surface area contributed by atoms with Gasteiger partial charge in [-0.25, -0.2) is 4.79 Å². The van der Waals surface area contributed by atoms with Crippen LogP contribution >= 0.6 is 0 Å². The molecule has 1 saturated carbocycles. The summed E-state index contributed by atoms with van der Waals surface area (Å²) in [6, 6.07) is 9.03. The highest BCUT2D eigenvalue weighted by Crippen LogP contribution is 2.33. The fraction of sp³-hybridized carbons (Fsp3) is 0.429. The molecule has 1 aliphatic carbocycles. The molecule has 1 aromatic rings. The summed E-state index contributed by atoms with van der Waals surface area (Å²) < 4.78 is 5.05. The van der Waals surface area contributed by atoms with Crippen molar-refractivity contribution in [2.45, 2.75) is 31.9 Å². The van der Waals surface area contributed by atoms with Crippen LogP contribution in [0.4, 0.5) is 4.79 Å². The smallest absolute Gasteiger partial charge is 0.408 e. The summed E-state index contributed by atoms with van der Waals surface area (Å²) in [5.41, 5.74) is 0.928. The van der Waals surface area contributed by atoms with Crippen LogP contribution in [0.3, 0.4) is 0 Å². The van der Waals surface area contributed by atoms with Crippen LogP contribution < -0.4 is 5.32 Å². The quantitative estimate of drug-likeness (QED) is 0.785. The lowest BCUT2D eigenvalue weighted by molar-refractivity contribution is -0.109. The van der Waals surface area contributed by atoms with Crippen LogP contribution in [0, 0.1) is 5.92 Å². The molecule has 0 radical (unpaired) electrons. The Kier molecular flexibility index (Phi) is 4.34. The number of carbonyl (C=O) groups excluding carboxylic acids is 2. The van der Waals surface area contributed by atoms with Crippen molar-refractivity contribution in [1.29, 1.82) is 0 Å². The maximum Gasteiger partial charge on any atom is 0.408 e. The number of hydrogen-bond acceptors (Lipinski definition) is 3. The SMILES string of the molecule is O=C[C@H](CC1CC1)NC(=O)OCc1ccccc1. The van der Waals surface area contributed by atoms with Crippen LogP contribution in [-0.4, -0.2) is 18.4 Å². The first-order valence-electron chi connectivity index (χ1n) is 6.20. The summed E-state index contributed by atoms with van der Waals surface area (Å²) >= 11 is 0. The van der Waals surface area contributed by atoms with Crippen molar-refractivity contribution < 1.29 is 14.3 Å². The van der Waals surface area contributed by atoms with E-state index in [0.717, 1.165) is 31.1 Å². The van der Waals surface area contributed by atoms with Crippen molar-refractivity contribution in [2.75, 3.05) is 0 Å². The molecule has 1 amide bonds. The monoisotopic (exact) mass is 247 g/mol. The number of ether oxygens (including phenoxy) is 1. The predicted octanol–water partition coefficient (Wildman–Crippen LogP) is 2.28. The topological polar surface area (TPSA) is 55.4 Å². The molecule has 18 heavy (non-hydrogen) atoms. The highest BCUT2D eigenvalue weighted by atomic mass is 16.5. The van der Waals surface area contributed by atoms with Gasteiger partial charge in [-0.05, 0) is 17.9 Å². The van der Waals surface area contributed by atoms with Gasteiger partial charge in [0.1, 0.15) is 12.9 Å². The van der Waals surface area contributed by atoms with Gasteiger partial charge in [0.05, 0.1) is 6.04 Å². The van der Waals surface area contributed by atoms with Crippen molar-refractivity contribution in [3.8, 4) is 0 Å². The van der Waals surface area contributed by atoms with E-state index in [1.165, 1.54) is 0 Å². The lowest BCUT2D eigenvalue weighted by Gasteiger charge is -2.12. The normalized spacial score (nSPS) is 15.8. The van der Waals surface area contributed by atoms with Gasteiger partial charge in [0.25, 0.3) is 0 Å². The second-order valence-electron chi connectivity index (χ2n) is 4.63. The van der Waals surface area contributed by atoms with E-state index in [-0.39, 0.29) is 6.61 Å². The number of benzene rings is 1. The van der Waals surface area contributed by atoms with Gasteiger partial charge in [-0.15, -0.1) is 0 Å². The third-order valence-electron chi connectivity index (χ3n) is 2.96. The summed E-state index contributed by atoms with van der Waals surface area (Å²) in [7, 11) is 0. The molecule has 1 atom stereocenters. The molecule has 0 saturated heterocycles. The van der Waals surface area contributed by atoms with Gasteiger partial charge >= 0.3 is 6.09 Å². The van der Waals surface area contributed by atoms with E-state index in [9.17, 15) is 9.59 Å². The first kappa shape index (κ1) is 12.6. The van der Waals surface area contributed by atoms with Crippen LogP contribution in [0.1, 0.15) is 24.8 Å². The fourth-order valence-electron chi connectivity index (χ4n) is 1.78. The summed E-state index contributed by atoms with van der Waals surface area (Å²) in [6.45, 7) is 0.224. The molecule has 0 heterocycles. The second kappa shape index (κ2) is 6.19. The van der Waals surface area contributed by atoms with E-state index < -0.39 is 12.1 Å². The number of nitrogens with one attached hydrogen (secondary N) is 1. The molecular formula is C14H17NO3. The molecule has 96 valence electrons. The summed E-state index contributed by atoms with van der Waals surface area (Å²) in [5, 5.41) is 2.58. The minimum absolute atomic E-state index is 0.224. The van der Waals surface area contributed by atoms with Gasteiger partial charge < -0.3 is 14.8 Å². The van der Waals surface area contributed by atoms with Gasteiger partial charge in [0.2, 0.25) is 0 Å². The van der Waals surface area contributed by atoms with E-state index in [4.69, 9.17) is 4.74 Å². The lowest BCUT2D eigenvalue weighted by Crippen LogP contribution is -2.36. The Labute approximate surface area is 106 Å². The Morgan fingerprint density at radius 1 is 1.39 bits per heavy atom. The first-order chi connectivity index (χ1) is 8.78. The molecule has 1 N–H and O–H groups in total. The maximum absolute atomic E-state index is 11.5. The fourth-order valence-corrected chi connectivity index (χ4v) is 1.78. The standard InChI is InChI=1S/C14H17NO3/c16-9-13(8-11-6-7-11)15-14(17)18-10-12-4-2-1-3-5-12/h1-5,9,11,13H,6-8,10H2,(H,15,17)/t13-/m0/s1. The molecule has 0 spiro atoms. The van der Waals surface area contributed by atoms with E-state index >= 15 is 0 Å². The zero-order valence-electron chi connectivity index (χ0n) is 10.2. The minimum Gasteiger partial charge on any atom is -0.445 e. The van der Waals surface area contributed by atoms with E-state index in [2.05, 4.69) is 5.32 Å². The van der Waals surface area contributed by atoms with Crippen LogP contribution in [0.15, 0.2) is 30.3 Å². The third kappa shape index (κ3) is 4.20. The van der Waals surface area contributed by atoms with Crippen molar-refractivity contribution in [3.05, 3.63) is 35.9 Å². The molecular weight excluding hydrogens is 230 g/mol. The number of rotatable bonds is 6. The molecule has 1 fully saturated rings. The Bertz CT molecular complexity index is 401. The van der Waals surface area contributed by atoms with Crippen molar-refractivity contribution in [3.63, 3.8) is 0 Å². The first-order valence-corrected chi connectivity index (χ1v) is 6.20. The molecule has 4 nitrogen and oxygen atoms in total. The van der Waals surface area contributed by atoms with Crippen LogP contribution in [0.25, 0.3) is 0 Å². The van der Waals surface area contributed by atoms with Gasteiger partial charge in [-0.2, -0.15) is 0 Å². The van der Waals surface area contributed by atoms with Gasteiger partial charge in [0.15, 0.2) is 0 Å². The Morgan fingerprint density at radius 3 is 2.72 bits per heavy atom. The maximum atomic E-state index is 11.5. The van der Waals surface area contributed by atoms with Crippen molar-refractivity contribution in [1.82, 2.24) is 5.32 Å². The average molecular weight is 247 g/mol. The Hall–Kier alpha value is -1.84. The van der Waals surface area contributed by atoms with Crippen molar-refractivity contribution in [2.24, 2.45) is 5.92 Å². The third-order valence-corrected chi connectivity index (χ3v) is 2.96. The Morgan fingerprint density at radius 2 is 2.11 bits per heavy atom. The molecule has 0 aromatic heterocycles. The number of amides is 1. The molecule has 4 heteroatoms. The molecule has 0 unspecified atom stereocenters. The molecule has 1 aromatic carbocycles. The lowest BCUT2D eigenvalue weighted by atomic mass is 10.1. The minimum atomic E-state index is -0.531. The molecule has 0 bridgehead atoms.